The van der Waals surface area contributed by atoms with E-state index in [2.05, 4.69) is 33.7 Å². The molecule has 0 saturated carbocycles. The molecule has 0 aliphatic heterocycles. The third-order valence-corrected chi connectivity index (χ3v) is 5.38. The first-order valence-corrected chi connectivity index (χ1v) is 11.1. The minimum Gasteiger partial charge on any atom is -0.341 e. The van der Waals surface area contributed by atoms with Gasteiger partial charge in [-0.15, -0.1) is 0 Å². The lowest BCUT2D eigenvalue weighted by Gasteiger charge is -2.09. The summed E-state index contributed by atoms with van der Waals surface area (Å²) in [4.78, 5) is 12.7. The number of fused-ring (bicyclic) bond motifs is 3. The predicted octanol–water partition coefficient (Wildman–Crippen LogP) is 4.44. The van der Waals surface area contributed by atoms with Crippen molar-refractivity contribution in [2.24, 2.45) is 0 Å². The number of carbonyl (C=O) groups excluding carboxylic acids is 1. The first kappa shape index (κ1) is 19.0. The zero-order chi connectivity index (χ0) is 20.6. The zero-order valence-electron chi connectivity index (χ0n) is 16.1. The van der Waals surface area contributed by atoms with Crippen LogP contribution >= 0.6 is 0 Å². The number of hydrogen-bond acceptors (Lipinski definition) is 3. The summed E-state index contributed by atoms with van der Waals surface area (Å²) in [6.45, 7) is 2.97. The van der Waals surface area contributed by atoms with Gasteiger partial charge in [0.1, 0.15) is 0 Å². The average molecular weight is 407 g/mol. The lowest BCUT2D eigenvalue weighted by molar-refractivity contribution is 0.102. The molecule has 1 heterocycles. The summed E-state index contributed by atoms with van der Waals surface area (Å²) >= 11 is 0. The summed E-state index contributed by atoms with van der Waals surface area (Å²) in [6.07, 6.45) is 1.07. The number of amides is 1. The summed E-state index contributed by atoms with van der Waals surface area (Å²) in [5.41, 5.74) is 3.68. The minimum atomic E-state index is -3.41. The molecular formula is C22H21N3O3S. The molecule has 6 nitrogen and oxygen atoms in total. The molecule has 0 atom stereocenters. The Morgan fingerprint density at radius 1 is 0.897 bits per heavy atom. The zero-order valence-corrected chi connectivity index (χ0v) is 17.0. The van der Waals surface area contributed by atoms with Crippen molar-refractivity contribution in [2.75, 3.05) is 16.3 Å². The molecule has 0 fully saturated rings. The van der Waals surface area contributed by atoms with Crippen molar-refractivity contribution in [2.45, 2.75) is 13.5 Å². The summed E-state index contributed by atoms with van der Waals surface area (Å²) in [5.74, 6) is -0.305. The highest BCUT2D eigenvalue weighted by Crippen LogP contribution is 2.31. The maximum atomic E-state index is 12.7. The van der Waals surface area contributed by atoms with Gasteiger partial charge < -0.3 is 9.88 Å². The van der Waals surface area contributed by atoms with Gasteiger partial charge in [-0.2, -0.15) is 0 Å². The molecular weight excluding hydrogens is 386 g/mol. The van der Waals surface area contributed by atoms with Gasteiger partial charge >= 0.3 is 0 Å². The van der Waals surface area contributed by atoms with Crippen LogP contribution in [-0.2, 0) is 16.6 Å². The summed E-state index contributed by atoms with van der Waals surface area (Å²) < 4.78 is 27.5. The predicted molar refractivity (Wildman–Crippen MR) is 118 cm³/mol. The molecule has 4 aromatic rings. The van der Waals surface area contributed by atoms with Crippen LogP contribution in [0, 0.1) is 0 Å². The third kappa shape index (κ3) is 3.82. The fourth-order valence-corrected chi connectivity index (χ4v) is 4.17. The van der Waals surface area contributed by atoms with Gasteiger partial charge in [0.25, 0.3) is 5.91 Å². The first-order valence-electron chi connectivity index (χ1n) is 9.26. The quantitative estimate of drug-likeness (QED) is 0.513. The second-order valence-corrected chi connectivity index (χ2v) is 8.65. The van der Waals surface area contributed by atoms with E-state index in [-0.39, 0.29) is 5.91 Å². The molecule has 148 valence electrons. The average Bonchev–Trinajstić information content (AvgIpc) is 3.00. The number of sulfonamides is 1. The van der Waals surface area contributed by atoms with Crippen LogP contribution in [0.15, 0.2) is 66.7 Å². The van der Waals surface area contributed by atoms with Crippen LogP contribution in [0.5, 0.6) is 0 Å². The Balaban J connectivity index is 1.67. The van der Waals surface area contributed by atoms with E-state index in [4.69, 9.17) is 0 Å². The fourth-order valence-electron chi connectivity index (χ4n) is 3.61. The highest BCUT2D eigenvalue weighted by Gasteiger charge is 2.12. The van der Waals surface area contributed by atoms with Gasteiger partial charge in [0.05, 0.1) is 6.26 Å². The van der Waals surface area contributed by atoms with Gasteiger partial charge in [0.2, 0.25) is 10.0 Å². The Morgan fingerprint density at radius 2 is 1.66 bits per heavy atom. The molecule has 1 amide bonds. The van der Waals surface area contributed by atoms with Gasteiger partial charge in [0.15, 0.2) is 0 Å². The normalized spacial score (nSPS) is 11.7. The molecule has 0 aliphatic rings. The van der Waals surface area contributed by atoms with E-state index in [9.17, 15) is 13.2 Å². The van der Waals surface area contributed by atoms with Crippen LogP contribution < -0.4 is 10.0 Å². The van der Waals surface area contributed by atoms with Crippen LogP contribution in [0.2, 0.25) is 0 Å². The van der Waals surface area contributed by atoms with Gasteiger partial charge in [-0.1, -0.05) is 24.3 Å². The first-order chi connectivity index (χ1) is 13.9. The van der Waals surface area contributed by atoms with Crippen LogP contribution in [0.25, 0.3) is 21.8 Å². The van der Waals surface area contributed by atoms with E-state index in [0.717, 1.165) is 34.6 Å². The topological polar surface area (TPSA) is 80.2 Å². The summed E-state index contributed by atoms with van der Waals surface area (Å²) in [7, 11) is -3.41. The summed E-state index contributed by atoms with van der Waals surface area (Å²) in [5, 5.41) is 5.12. The van der Waals surface area contributed by atoms with Crippen LogP contribution in [-0.4, -0.2) is 25.1 Å². The number of carbonyl (C=O) groups is 1. The molecule has 1 aromatic heterocycles. The molecule has 0 saturated heterocycles. The molecule has 7 heteroatoms. The van der Waals surface area contributed by atoms with Crippen molar-refractivity contribution in [3.8, 4) is 0 Å². The Morgan fingerprint density at radius 3 is 2.41 bits per heavy atom. The molecule has 2 N–H and O–H groups in total. The minimum absolute atomic E-state index is 0.305. The number of hydrogen-bond donors (Lipinski definition) is 2. The van der Waals surface area contributed by atoms with Crippen molar-refractivity contribution in [1.29, 1.82) is 0 Å². The maximum Gasteiger partial charge on any atom is 0.255 e. The highest BCUT2D eigenvalue weighted by molar-refractivity contribution is 7.92. The number of anilines is 2. The largest absolute Gasteiger partial charge is 0.341 e. The van der Waals surface area contributed by atoms with E-state index < -0.39 is 10.0 Å². The smallest absolute Gasteiger partial charge is 0.255 e. The van der Waals surface area contributed by atoms with Crippen molar-refractivity contribution >= 4 is 49.1 Å². The third-order valence-electron chi connectivity index (χ3n) is 4.77. The molecule has 29 heavy (non-hydrogen) atoms. The Bertz CT molecular complexity index is 1340. The molecule has 0 unspecified atom stereocenters. The van der Waals surface area contributed by atoms with Gasteiger partial charge in [-0.25, -0.2) is 8.42 Å². The Labute approximate surface area is 169 Å². The number of nitrogens with one attached hydrogen (secondary N) is 2. The number of para-hydroxylation sites is 1. The number of benzene rings is 3. The number of nitrogens with zero attached hydrogens (tertiary/aromatic N) is 1. The van der Waals surface area contributed by atoms with Crippen molar-refractivity contribution in [3.05, 3.63) is 72.3 Å². The molecule has 0 bridgehead atoms. The van der Waals surface area contributed by atoms with E-state index >= 15 is 0 Å². The molecule has 3 aromatic carbocycles. The van der Waals surface area contributed by atoms with E-state index in [1.165, 1.54) is 6.07 Å². The number of rotatable bonds is 5. The number of aromatic nitrogens is 1. The van der Waals surface area contributed by atoms with Crippen LogP contribution in [0.3, 0.4) is 0 Å². The van der Waals surface area contributed by atoms with Gasteiger partial charge in [0, 0.05) is 45.3 Å². The SMILES string of the molecule is CCn1c2ccccc2c2cc(NC(=O)c3cccc(NS(C)(=O)=O)c3)ccc21. The van der Waals surface area contributed by atoms with Gasteiger partial charge in [-0.3, -0.25) is 9.52 Å². The van der Waals surface area contributed by atoms with Crippen molar-refractivity contribution in [1.82, 2.24) is 4.57 Å². The second kappa shape index (κ2) is 7.25. The second-order valence-electron chi connectivity index (χ2n) is 6.90. The maximum absolute atomic E-state index is 12.7. The molecule has 0 spiro atoms. The van der Waals surface area contributed by atoms with E-state index in [1.807, 2.05) is 30.3 Å². The summed E-state index contributed by atoms with van der Waals surface area (Å²) in [6, 6.07) is 20.5. The molecule has 4 rings (SSSR count). The highest BCUT2D eigenvalue weighted by atomic mass is 32.2. The monoisotopic (exact) mass is 407 g/mol. The van der Waals surface area contributed by atoms with E-state index in [0.29, 0.717) is 16.9 Å². The Kier molecular flexibility index (Phi) is 4.76. The van der Waals surface area contributed by atoms with Crippen LogP contribution in [0.4, 0.5) is 11.4 Å². The van der Waals surface area contributed by atoms with Gasteiger partial charge in [-0.05, 0) is 49.4 Å². The standard InChI is InChI=1S/C22H21N3O3S/c1-3-25-20-10-5-4-9-18(20)19-14-16(11-12-21(19)25)23-22(26)15-7-6-8-17(13-15)24-29(2,27)28/h4-14,24H,3H2,1-2H3,(H,23,26). The lowest BCUT2D eigenvalue weighted by Crippen LogP contribution is -2.13. The Hall–Kier alpha value is -3.32. The fraction of sp³-hybridized carbons (Fsp3) is 0.136. The van der Waals surface area contributed by atoms with Crippen LogP contribution in [0.1, 0.15) is 17.3 Å². The molecule has 0 aliphatic carbocycles. The molecule has 0 radical (unpaired) electrons. The van der Waals surface area contributed by atoms with E-state index in [1.54, 1.807) is 18.2 Å². The lowest BCUT2D eigenvalue weighted by atomic mass is 10.1. The van der Waals surface area contributed by atoms with Crippen molar-refractivity contribution in [3.63, 3.8) is 0 Å². The van der Waals surface area contributed by atoms with Crippen molar-refractivity contribution < 1.29 is 13.2 Å². The number of aryl methyl sites for hydroxylation is 1.